The molecule has 1 aromatic carbocycles. The van der Waals surface area contributed by atoms with Crippen LogP contribution in [0, 0.1) is 5.82 Å². The molecular formula is C11H14BClFNO3. The lowest BCUT2D eigenvalue weighted by Crippen LogP contribution is -2.36. The molecule has 7 heteroatoms. The van der Waals surface area contributed by atoms with Crippen LogP contribution in [0.25, 0.3) is 0 Å². The van der Waals surface area contributed by atoms with Crippen molar-refractivity contribution in [2.45, 2.75) is 13.8 Å². The molecule has 0 atom stereocenters. The van der Waals surface area contributed by atoms with E-state index in [0.717, 1.165) is 12.1 Å². The van der Waals surface area contributed by atoms with Crippen molar-refractivity contribution in [2.75, 3.05) is 13.1 Å². The third-order valence-corrected chi connectivity index (χ3v) is 2.96. The summed E-state index contributed by atoms with van der Waals surface area (Å²) in [5, 5.41) is 18.0. The van der Waals surface area contributed by atoms with E-state index in [1.807, 2.05) is 0 Å². The molecule has 0 bridgehead atoms. The summed E-state index contributed by atoms with van der Waals surface area (Å²) in [4.78, 5) is 13.6. The second-order valence-corrected chi connectivity index (χ2v) is 4.11. The van der Waals surface area contributed by atoms with E-state index < -0.39 is 12.9 Å². The van der Waals surface area contributed by atoms with E-state index in [-0.39, 0.29) is 22.0 Å². The van der Waals surface area contributed by atoms with Crippen molar-refractivity contribution in [1.82, 2.24) is 4.90 Å². The molecule has 4 nitrogen and oxygen atoms in total. The van der Waals surface area contributed by atoms with Gasteiger partial charge in [0.1, 0.15) is 5.82 Å². The number of hydrogen-bond donors (Lipinski definition) is 2. The van der Waals surface area contributed by atoms with Crippen LogP contribution in [0.2, 0.25) is 5.02 Å². The van der Waals surface area contributed by atoms with E-state index in [1.54, 1.807) is 13.8 Å². The molecule has 0 aliphatic heterocycles. The third kappa shape index (κ3) is 3.01. The van der Waals surface area contributed by atoms with Gasteiger partial charge in [-0.15, -0.1) is 0 Å². The molecule has 0 spiro atoms. The van der Waals surface area contributed by atoms with Gasteiger partial charge in [-0.1, -0.05) is 11.6 Å². The average Bonchev–Trinajstić information content (AvgIpc) is 2.29. The van der Waals surface area contributed by atoms with Crippen molar-refractivity contribution in [3.63, 3.8) is 0 Å². The van der Waals surface area contributed by atoms with Crippen LogP contribution in [0.5, 0.6) is 0 Å². The molecule has 0 unspecified atom stereocenters. The van der Waals surface area contributed by atoms with Crippen LogP contribution in [0.3, 0.4) is 0 Å². The molecule has 2 N–H and O–H groups in total. The minimum absolute atomic E-state index is 0.0474. The molecule has 0 radical (unpaired) electrons. The summed E-state index contributed by atoms with van der Waals surface area (Å²) in [5.41, 5.74) is -0.306. The number of carbonyl (C=O) groups excluding carboxylic acids is 1. The fourth-order valence-corrected chi connectivity index (χ4v) is 1.84. The van der Waals surface area contributed by atoms with E-state index in [2.05, 4.69) is 0 Å². The molecule has 98 valence electrons. The maximum atomic E-state index is 13.4. The second kappa shape index (κ2) is 6.18. The summed E-state index contributed by atoms with van der Waals surface area (Å²) in [7, 11) is -1.98. The number of nitrogens with zero attached hydrogens (tertiary/aromatic N) is 1. The molecule has 1 amide bonds. The van der Waals surface area contributed by atoms with Gasteiger partial charge in [-0.25, -0.2) is 4.39 Å². The highest BCUT2D eigenvalue weighted by Gasteiger charge is 2.23. The molecule has 0 saturated heterocycles. The lowest BCUT2D eigenvalue weighted by atomic mass is 9.79. The molecule has 0 aliphatic carbocycles. The standard InChI is InChI=1S/C11H14BClFNO3/c1-3-15(4-2)11(16)7-5-8(12(17)18)10(14)6-9(7)13/h5-6,17-18H,3-4H2,1-2H3. The highest BCUT2D eigenvalue weighted by atomic mass is 35.5. The zero-order valence-electron chi connectivity index (χ0n) is 10.2. The Kier molecular flexibility index (Phi) is 5.13. The Morgan fingerprint density at radius 2 is 1.94 bits per heavy atom. The highest BCUT2D eigenvalue weighted by molar-refractivity contribution is 6.59. The Hall–Kier alpha value is -1.11. The molecule has 0 fully saturated rings. The first kappa shape index (κ1) is 15.0. The van der Waals surface area contributed by atoms with E-state index in [9.17, 15) is 9.18 Å². The van der Waals surface area contributed by atoms with Gasteiger partial charge in [-0.05, 0) is 26.0 Å². The van der Waals surface area contributed by atoms with Crippen molar-refractivity contribution in [3.05, 3.63) is 28.5 Å². The molecular weight excluding hydrogens is 259 g/mol. The van der Waals surface area contributed by atoms with Gasteiger partial charge in [0, 0.05) is 18.6 Å². The van der Waals surface area contributed by atoms with Crippen LogP contribution in [0.4, 0.5) is 4.39 Å². The number of amides is 1. The highest BCUT2D eigenvalue weighted by Crippen LogP contribution is 2.18. The quantitative estimate of drug-likeness (QED) is 0.792. The number of halogens is 2. The first-order valence-corrected chi connectivity index (χ1v) is 5.94. The van der Waals surface area contributed by atoms with Crippen LogP contribution in [-0.4, -0.2) is 41.1 Å². The van der Waals surface area contributed by atoms with Crippen LogP contribution >= 0.6 is 11.6 Å². The Bertz CT molecular complexity index is 452. The number of rotatable bonds is 4. The van der Waals surface area contributed by atoms with E-state index >= 15 is 0 Å². The van der Waals surface area contributed by atoms with Crippen molar-refractivity contribution >= 4 is 30.1 Å². The Labute approximate surface area is 110 Å². The van der Waals surface area contributed by atoms with Crippen LogP contribution < -0.4 is 5.46 Å². The van der Waals surface area contributed by atoms with E-state index in [1.165, 1.54) is 4.90 Å². The second-order valence-electron chi connectivity index (χ2n) is 3.70. The normalized spacial score (nSPS) is 10.3. The molecule has 0 aromatic heterocycles. The van der Waals surface area contributed by atoms with Gasteiger partial charge in [0.05, 0.1) is 10.6 Å². The van der Waals surface area contributed by atoms with E-state index in [4.69, 9.17) is 21.6 Å². The van der Waals surface area contributed by atoms with Gasteiger partial charge in [-0.2, -0.15) is 0 Å². The summed E-state index contributed by atoms with van der Waals surface area (Å²) in [6.45, 7) is 4.58. The number of benzene rings is 1. The molecule has 0 aliphatic rings. The van der Waals surface area contributed by atoms with Crippen molar-refractivity contribution in [3.8, 4) is 0 Å². The number of carbonyl (C=O) groups is 1. The summed E-state index contributed by atoms with van der Waals surface area (Å²) in [6, 6.07) is 1.98. The lowest BCUT2D eigenvalue weighted by Gasteiger charge is -2.19. The third-order valence-electron chi connectivity index (χ3n) is 2.65. The molecule has 0 heterocycles. The summed E-state index contributed by atoms with van der Waals surface area (Å²) in [6.07, 6.45) is 0. The SMILES string of the molecule is CCN(CC)C(=O)c1cc(B(O)O)c(F)cc1Cl. The monoisotopic (exact) mass is 273 g/mol. The van der Waals surface area contributed by atoms with Crippen molar-refractivity contribution in [2.24, 2.45) is 0 Å². The minimum Gasteiger partial charge on any atom is -0.423 e. The predicted octanol–water partition coefficient (Wildman–Crippen LogP) is 0.641. The van der Waals surface area contributed by atoms with E-state index in [0.29, 0.717) is 13.1 Å². The molecule has 1 aromatic rings. The smallest absolute Gasteiger partial charge is 0.423 e. The van der Waals surface area contributed by atoms with Crippen molar-refractivity contribution in [1.29, 1.82) is 0 Å². The maximum Gasteiger partial charge on any atom is 0.491 e. The number of hydrogen-bond acceptors (Lipinski definition) is 3. The maximum absolute atomic E-state index is 13.4. The largest absolute Gasteiger partial charge is 0.491 e. The molecule has 1 rings (SSSR count). The predicted molar refractivity (Wildman–Crippen MR) is 68.5 cm³/mol. The fourth-order valence-electron chi connectivity index (χ4n) is 1.61. The first-order chi connectivity index (χ1) is 8.42. The van der Waals surface area contributed by atoms with Crippen LogP contribution in [-0.2, 0) is 0 Å². The lowest BCUT2D eigenvalue weighted by molar-refractivity contribution is 0.0773. The van der Waals surface area contributed by atoms with Crippen LogP contribution in [0.1, 0.15) is 24.2 Å². The summed E-state index contributed by atoms with van der Waals surface area (Å²) >= 11 is 5.81. The zero-order valence-corrected chi connectivity index (χ0v) is 10.9. The zero-order chi connectivity index (χ0) is 13.9. The molecule has 0 saturated carbocycles. The van der Waals surface area contributed by atoms with Crippen molar-refractivity contribution < 1.29 is 19.2 Å². The van der Waals surface area contributed by atoms with Gasteiger partial charge in [0.25, 0.3) is 5.91 Å². The van der Waals surface area contributed by atoms with Crippen LogP contribution in [0.15, 0.2) is 12.1 Å². The van der Waals surface area contributed by atoms with Gasteiger partial charge in [0.2, 0.25) is 0 Å². The fraction of sp³-hybridized carbons (Fsp3) is 0.364. The van der Waals surface area contributed by atoms with Gasteiger partial charge < -0.3 is 14.9 Å². The first-order valence-electron chi connectivity index (χ1n) is 5.56. The topological polar surface area (TPSA) is 60.8 Å². The Morgan fingerprint density at radius 1 is 1.39 bits per heavy atom. The molecule has 18 heavy (non-hydrogen) atoms. The summed E-state index contributed by atoms with van der Waals surface area (Å²) < 4.78 is 13.4. The Balaban J connectivity index is 3.24. The minimum atomic E-state index is -1.98. The Morgan fingerprint density at radius 3 is 2.39 bits per heavy atom. The average molecular weight is 274 g/mol. The van der Waals surface area contributed by atoms with Gasteiger partial charge in [0.15, 0.2) is 0 Å². The summed E-state index contributed by atoms with van der Waals surface area (Å²) in [5.74, 6) is -1.22. The van der Waals surface area contributed by atoms with Gasteiger partial charge in [-0.3, -0.25) is 4.79 Å². The van der Waals surface area contributed by atoms with Gasteiger partial charge >= 0.3 is 7.12 Å².